The van der Waals surface area contributed by atoms with Gasteiger partial charge in [0.25, 0.3) is 0 Å². The number of nitrogens with two attached hydrogens (primary N) is 1. The van der Waals surface area contributed by atoms with Crippen LogP contribution in [0.5, 0.6) is 0 Å². The van der Waals surface area contributed by atoms with Crippen molar-refractivity contribution in [2.75, 3.05) is 25.1 Å². The highest BCUT2D eigenvalue weighted by Gasteiger charge is 2.34. The first-order valence-electron chi connectivity index (χ1n) is 18.7. The summed E-state index contributed by atoms with van der Waals surface area (Å²) in [5.74, 6) is -5.69. The van der Waals surface area contributed by atoms with Crippen molar-refractivity contribution < 1.29 is 43.8 Å². The number of aliphatic hydroxyl groups is 1. The molecular formula is C35H62N8O9S. The van der Waals surface area contributed by atoms with E-state index in [0.29, 0.717) is 18.7 Å². The smallest absolute Gasteiger partial charge is 0.303 e. The number of aliphatic hydroxyl groups excluding tert-OH is 1. The summed E-state index contributed by atoms with van der Waals surface area (Å²) in [6.45, 7) is 3.60. The second kappa shape index (κ2) is 26.9. The fraction of sp³-hybridized carbons (Fsp3) is 0.771. The van der Waals surface area contributed by atoms with Crippen LogP contribution in [0.2, 0.25) is 0 Å². The SMILES string of the molecule is CSCCC1NC(=O)[C@H](CCCNC(=N)N)NC(=O)C(CCC(=O)O)NC(=O)[C@H]([C@@H](C)O)NC(=O)CCCCCCCCCCCNC(C)C(=O)C1=O. The molecule has 53 heavy (non-hydrogen) atoms. The van der Waals surface area contributed by atoms with Crippen LogP contribution in [0, 0.1) is 5.41 Å². The number of carboxylic acids is 1. The summed E-state index contributed by atoms with van der Waals surface area (Å²) in [6.07, 6.45) is 8.22. The molecule has 6 atom stereocenters. The van der Waals surface area contributed by atoms with Crippen molar-refractivity contribution in [1.82, 2.24) is 31.9 Å². The Bertz CT molecular complexity index is 1220. The van der Waals surface area contributed by atoms with Gasteiger partial charge < -0.3 is 47.8 Å². The number of Topliss-reactive ketones (excluding diaryl/α,β-unsaturated/α-hetero) is 2. The molecule has 18 heteroatoms. The van der Waals surface area contributed by atoms with E-state index in [9.17, 15) is 43.8 Å². The molecule has 3 unspecified atom stereocenters. The van der Waals surface area contributed by atoms with Gasteiger partial charge in [-0.3, -0.25) is 39.0 Å². The first-order chi connectivity index (χ1) is 25.2. The van der Waals surface area contributed by atoms with Gasteiger partial charge in [0, 0.05) is 19.4 Å². The molecule has 0 aromatic heterocycles. The average Bonchev–Trinajstić information content (AvgIpc) is 3.10. The predicted octanol–water partition coefficient (Wildman–Crippen LogP) is 0.218. The lowest BCUT2D eigenvalue weighted by molar-refractivity contribution is -0.140. The van der Waals surface area contributed by atoms with Crippen molar-refractivity contribution in [3.8, 4) is 0 Å². The number of hydrogen-bond acceptors (Lipinski definition) is 11. The molecule has 302 valence electrons. The second-order valence-electron chi connectivity index (χ2n) is 13.5. The minimum Gasteiger partial charge on any atom is -0.481 e. The van der Waals surface area contributed by atoms with E-state index in [1.54, 1.807) is 6.92 Å². The molecule has 0 aromatic rings. The van der Waals surface area contributed by atoms with Crippen molar-refractivity contribution in [2.45, 2.75) is 146 Å². The zero-order valence-electron chi connectivity index (χ0n) is 31.4. The molecule has 0 aliphatic carbocycles. The lowest BCUT2D eigenvalue weighted by Gasteiger charge is -2.27. The Hall–Kier alpha value is -3.77. The van der Waals surface area contributed by atoms with Gasteiger partial charge in [-0.1, -0.05) is 44.9 Å². The van der Waals surface area contributed by atoms with Crippen molar-refractivity contribution in [3.05, 3.63) is 0 Å². The lowest BCUT2D eigenvalue weighted by atomic mass is 10.0. The maximum absolute atomic E-state index is 13.7. The van der Waals surface area contributed by atoms with E-state index in [4.69, 9.17) is 11.1 Å². The van der Waals surface area contributed by atoms with E-state index < -0.39 is 83.9 Å². The molecule has 0 radical (unpaired) electrons. The molecule has 17 nitrogen and oxygen atoms in total. The van der Waals surface area contributed by atoms with Gasteiger partial charge in [-0.25, -0.2) is 0 Å². The van der Waals surface area contributed by atoms with Crippen LogP contribution in [0.3, 0.4) is 0 Å². The van der Waals surface area contributed by atoms with Crippen LogP contribution in [0.1, 0.15) is 110 Å². The van der Waals surface area contributed by atoms with Crippen molar-refractivity contribution in [1.29, 1.82) is 5.41 Å². The molecule has 0 saturated carbocycles. The summed E-state index contributed by atoms with van der Waals surface area (Å²) in [5.41, 5.74) is 5.37. The normalized spacial score (nSPS) is 25.2. The van der Waals surface area contributed by atoms with E-state index in [-0.39, 0.29) is 44.6 Å². The van der Waals surface area contributed by atoms with E-state index >= 15 is 0 Å². The summed E-state index contributed by atoms with van der Waals surface area (Å²) < 4.78 is 0. The van der Waals surface area contributed by atoms with Gasteiger partial charge in [-0.15, -0.1) is 0 Å². The Morgan fingerprint density at radius 1 is 0.830 bits per heavy atom. The predicted molar refractivity (Wildman–Crippen MR) is 202 cm³/mol. The third-order valence-corrected chi connectivity index (χ3v) is 9.53. The van der Waals surface area contributed by atoms with E-state index in [0.717, 1.165) is 51.4 Å². The molecule has 0 spiro atoms. The molecule has 11 N–H and O–H groups in total. The zero-order valence-corrected chi connectivity index (χ0v) is 32.2. The Kier molecular flexibility index (Phi) is 24.0. The number of rotatable bonds is 11. The minimum atomic E-state index is -1.49. The highest BCUT2D eigenvalue weighted by molar-refractivity contribution is 7.98. The summed E-state index contributed by atoms with van der Waals surface area (Å²) in [6, 6.07) is -6.22. The second-order valence-corrected chi connectivity index (χ2v) is 14.5. The largest absolute Gasteiger partial charge is 0.481 e. The summed E-state index contributed by atoms with van der Waals surface area (Å²) in [7, 11) is 0. The van der Waals surface area contributed by atoms with Crippen LogP contribution in [0.15, 0.2) is 0 Å². The fourth-order valence-electron chi connectivity index (χ4n) is 5.74. The Morgan fingerprint density at radius 3 is 1.94 bits per heavy atom. The van der Waals surface area contributed by atoms with Crippen LogP contribution in [-0.4, -0.2) is 119 Å². The van der Waals surface area contributed by atoms with Crippen LogP contribution in [-0.2, 0) is 33.6 Å². The first kappa shape index (κ1) is 47.3. The van der Waals surface area contributed by atoms with Gasteiger partial charge in [0.05, 0.1) is 18.2 Å². The van der Waals surface area contributed by atoms with E-state index in [1.807, 2.05) is 6.26 Å². The molecule has 4 amide bonds. The number of carboxylic acid groups (broad SMARTS) is 1. The number of nitrogens with one attached hydrogen (secondary N) is 7. The Labute approximate surface area is 316 Å². The molecule has 1 saturated heterocycles. The van der Waals surface area contributed by atoms with Gasteiger partial charge in [0.1, 0.15) is 18.1 Å². The minimum absolute atomic E-state index is 0.0286. The molecular weight excluding hydrogens is 708 g/mol. The van der Waals surface area contributed by atoms with Crippen molar-refractivity contribution in [2.24, 2.45) is 5.73 Å². The summed E-state index contributed by atoms with van der Waals surface area (Å²) >= 11 is 1.42. The average molecular weight is 771 g/mol. The highest BCUT2D eigenvalue weighted by Crippen LogP contribution is 2.12. The van der Waals surface area contributed by atoms with Gasteiger partial charge in [0.2, 0.25) is 35.2 Å². The number of hydrogen-bond donors (Lipinski definition) is 10. The Morgan fingerprint density at radius 2 is 1.38 bits per heavy atom. The number of thioether (sulfide) groups is 1. The van der Waals surface area contributed by atoms with Crippen LogP contribution in [0.25, 0.3) is 0 Å². The van der Waals surface area contributed by atoms with Gasteiger partial charge in [0.15, 0.2) is 5.96 Å². The molecule has 0 aromatic carbocycles. The fourth-order valence-corrected chi connectivity index (χ4v) is 6.21. The number of amides is 4. The quantitative estimate of drug-likeness (QED) is 0.0583. The number of guanidine groups is 1. The topological polar surface area (TPSA) is 282 Å². The van der Waals surface area contributed by atoms with Gasteiger partial charge in [-0.05, 0) is 70.9 Å². The Balaban J connectivity index is 3.40. The van der Waals surface area contributed by atoms with Crippen LogP contribution < -0.4 is 37.6 Å². The monoisotopic (exact) mass is 770 g/mol. The number of ketones is 2. The summed E-state index contributed by atoms with van der Waals surface area (Å²) in [4.78, 5) is 91.6. The molecule has 1 aliphatic rings. The zero-order chi connectivity index (χ0) is 39.8. The third kappa shape index (κ3) is 20.3. The summed E-state index contributed by atoms with van der Waals surface area (Å²) in [5, 5.41) is 42.9. The molecule has 1 aliphatic heterocycles. The number of carbonyl (C=O) groups is 7. The van der Waals surface area contributed by atoms with E-state index in [1.165, 1.54) is 18.7 Å². The third-order valence-electron chi connectivity index (χ3n) is 8.89. The molecule has 1 rings (SSSR count). The standard InChI is InChI=1S/C35H62N8O9S/c1-22-30(48)31(49)24(18-21-53-3)40-32(50)25(14-13-20-39-35(36)37)41-33(51)26(16-17-28(46)47)42-34(52)29(23(2)44)43-27(45)15-11-9-7-5-4-6-8-10-12-19-38-22/h22-26,29,38,44H,4-21H2,1-3H3,(H,40,50)(H,41,51)(H,42,52)(H,43,45)(H,46,47)(H4,36,37,39)/t22?,23-,24?,25+,26?,29+/m1/s1. The molecule has 0 bridgehead atoms. The van der Waals surface area contributed by atoms with Crippen LogP contribution in [0.4, 0.5) is 0 Å². The lowest BCUT2D eigenvalue weighted by Crippen LogP contribution is -2.59. The molecule has 1 heterocycles. The van der Waals surface area contributed by atoms with Crippen LogP contribution >= 0.6 is 11.8 Å². The van der Waals surface area contributed by atoms with Gasteiger partial charge in [-0.2, -0.15) is 11.8 Å². The first-order valence-corrected chi connectivity index (χ1v) is 20.1. The molecule has 1 fully saturated rings. The van der Waals surface area contributed by atoms with E-state index in [2.05, 4.69) is 31.9 Å². The van der Waals surface area contributed by atoms with Gasteiger partial charge >= 0.3 is 5.97 Å². The highest BCUT2D eigenvalue weighted by atomic mass is 32.2. The van der Waals surface area contributed by atoms with Crippen molar-refractivity contribution >= 4 is 58.9 Å². The maximum Gasteiger partial charge on any atom is 0.303 e. The number of aliphatic carboxylic acids is 1. The maximum atomic E-state index is 13.7. The number of carbonyl (C=O) groups excluding carboxylic acids is 6. The van der Waals surface area contributed by atoms with Crippen molar-refractivity contribution in [3.63, 3.8) is 0 Å².